The smallest absolute Gasteiger partial charge is 0.226 e. The maximum Gasteiger partial charge on any atom is 0.226 e. The molecule has 0 unspecified atom stereocenters. The van der Waals surface area contributed by atoms with E-state index in [0.717, 1.165) is 16.1 Å². The molecule has 1 N–H and O–H groups in total. The predicted octanol–water partition coefficient (Wildman–Crippen LogP) is 3.58. The fourth-order valence-electron chi connectivity index (χ4n) is 3.27. The van der Waals surface area contributed by atoms with Crippen molar-refractivity contribution in [3.8, 4) is 11.3 Å². The highest BCUT2D eigenvalue weighted by Gasteiger charge is 2.22. The highest BCUT2D eigenvalue weighted by molar-refractivity contribution is 7.16. The quantitative estimate of drug-likeness (QED) is 0.933. The van der Waals surface area contributed by atoms with E-state index in [1.807, 2.05) is 0 Å². The van der Waals surface area contributed by atoms with Crippen LogP contribution in [0.25, 0.3) is 11.3 Å². The number of rotatable bonds is 4. The normalized spacial score (nSPS) is 16.9. The molecule has 23 heavy (non-hydrogen) atoms. The van der Waals surface area contributed by atoms with Crippen LogP contribution in [0.3, 0.4) is 0 Å². The third-order valence-corrected chi connectivity index (χ3v) is 5.48. The second-order valence-corrected chi connectivity index (χ2v) is 7.62. The Bertz CT molecular complexity index is 749. The van der Waals surface area contributed by atoms with E-state index in [0.29, 0.717) is 30.7 Å². The van der Waals surface area contributed by atoms with Gasteiger partial charge in [0.25, 0.3) is 0 Å². The fourth-order valence-corrected chi connectivity index (χ4v) is 4.12. The van der Waals surface area contributed by atoms with E-state index in [4.69, 9.17) is 4.74 Å². The van der Waals surface area contributed by atoms with E-state index in [1.165, 1.54) is 30.4 Å². The van der Waals surface area contributed by atoms with Gasteiger partial charge in [-0.1, -0.05) is 12.1 Å². The molecule has 0 radical (unpaired) electrons. The fraction of sp³-hybridized carbons (Fsp3) is 0.444. The molecule has 0 spiro atoms. The van der Waals surface area contributed by atoms with E-state index in [9.17, 15) is 4.79 Å². The maximum atomic E-state index is 12.0. The number of thiazole rings is 1. The number of amides is 1. The average Bonchev–Trinajstić information content (AvgIpc) is 3.08. The number of anilines is 1. The van der Waals surface area contributed by atoms with Crippen molar-refractivity contribution >= 4 is 22.4 Å². The maximum absolute atomic E-state index is 12.0. The van der Waals surface area contributed by atoms with Gasteiger partial charge in [-0.3, -0.25) is 4.79 Å². The molecule has 0 bridgehead atoms. The van der Waals surface area contributed by atoms with Crippen molar-refractivity contribution in [2.75, 3.05) is 18.5 Å². The number of nitrogens with zero attached hydrogens (tertiary/aromatic N) is 1. The molecule has 120 valence electrons. The van der Waals surface area contributed by atoms with E-state index in [1.54, 1.807) is 11.3 Å². The van der Waals surface area contributed by atoms with E-state index in [2.05, 4.69) is 35.4 Å². The van der Waals surface area contributed by atoms with Gasteiger partial charge in [0.05, 0.1) is 18.9 Å². The second-order valence-electron chi connectivity index (χ2n) is 6.42. The number of hydrogen-bond acceptors (Lipinski definition) is 4. The van der Waals surface area contributed by atoms with Crippen molar-refractivity contribution in [2.45, 2.75) is 32.6 Å². The summed E-state index contributed by atoms with van der Waals surface area (Å²) < 4.78 is 5.11. The van der Waals surface area contributed by atoms with Gasteiger partial charge < -0.3 is 10.1 Å². The molecule has 0 atom stereocenters. The molecule has 0 saturated carbocycles. The zero-order valence-corrected chi connectivity index (χ0v) is 14.0. The van der Waals surface area contributed by atoms with Crippen LogP contribution < -0.4 is 5.32 Å². The van der Waals surface area contributed by atoms with E-state index < -0.39 is 0 Å². The Balaban J connectivity index is 1.51. The molecule has 4 nitrogen and oxygen atoms in total. The molecule has 1 amide bonds. The molecule has 2 heterocycles. The van der Waals surface area contributed by atoms with Crippen LogP contribution in [0.5, 0.6) is 0 Å². The Labute approximate surface area is 139 Å². The van der Waals surface area contributed by atoms with Crippen molar-refractivity contribution < 1.29 is 9.53 Å². The molecule has 2 aliphatic rings. The summed E-state index contributed by atoms with van der Waals surface area (Å²) in [6.07, 6.45) is 4.13. The number of nitrogens with one attached hydrogen (secondary N) is 1. The van der Waals surface area contributed by atoms with Gasteiger partial charge in [-0.15, -0.1) is 11.3 Å². The highest BCUT2D eigenvalue weighted by Crippen LogP contribution is 2.33. The first kappa shape index (κ1) is 14.8. The number of carbonyl (C=O) groups is 1. The largest absolute Gasteiger partial charge is 0.381 e. The number of hydrogen-bond donors (Lipinski definition) is 1. The number of fused-ring (bicyclic) bond motifs is 1. The van der Waals surface area contributed by atoms with Gasteiger partial charge in [0.2, 0.25) is 5.91 Å². The Hall–Kier alpha value is -1.72. The van der Waals surface area contributed by atoms with Crippen LogP contribution >= 0.6 is 11.3 Å². The summed E-state index contributed by atoms with van der Waals surface area (Å²) in [6, 6.07) is 6.65. The Morgan fingerprint density at radius 1 is 1.35 bits per heavy atom. The van der Waals surface area contributed by atoms with Gasteiger partial charge in [0.15, 0.2) is 5.13 Å². The summed E-state index contributed by atoms with van der Waals surface area (Å²) in [7, 11) is 0. The van der Waals surface area contributed by atoms with Crippen molar-refractivity contribution in [1.82, 2.24) is 4.98 Å². The molecule has 2 aromatic rings. The Morgan fingerprint density at radius 2 is 2.17 bits per heavy atom. The highest BCUT2D eigenvalue weighted by atomic mass is 32.1. The van der Waals surface area contributed by atoms with Crippen LogP contribution in [-0.4, -0.2) is 24.1 Å². The van der Waals surface area contributed by atoms with Crippen molar-refractivity contribution in [3.05, 3.63) is 34.2 Å². The number of aromatic nitrogens is 1. The first-order chi connectivity index (χ1) is 11.2. The van der Waals surface area contributed by atoms with Gasteiger partial charge in [-0.2, -0.15) is 0 Å². The standard InChI is InChI=1S/C18H20N2O2S/c1-11-17(15-6-5-13-3-2-4-14(13)8-15)20-18(23-11)19-16(21)7-12-9-22-10-12/h5-6,8,12H,2-4,7,9-10H2,1H3,(H,19,20,21). The summed E-state index contributed by atoms with van der Waals surface area (Å²) in [5.41, 5.74) is 5.07. The molecule has 4 rings (SSSR count). The molecule has 1 aliphatic heterocycles. The molecular formula is C18H20N2O2S. The molecule has 1 aromatic heterocycles. The van der Waals surface area contributed by atoms with Crippen LogP contribution in [0.1, 0.15) is 28.8 Å². The second kappa shape index (κ2) is 6.06. The monoisotopic (exact) mass is 328 g/mol. The Morgan fingerprint density at radius 3 is 2.96 bits per heavy atom. The molecule has 1 saturated heterocycles. The van der Waals surface area contributed by atoms with Crippen molar-refractivity contribution in [1.29, 1.82) is 0 Å². The van der Waals surface area contributed by atoms with Gasteiger partial charge in [-0.05, 0) is 43.4 Å². The first-order valence-corrected chi connectivity index (χ1v) is 8.98. The van der Waals surface area contributed by atoms with Crippen molar-refractivity contribution in [2.24, 2.45) is 5.92 Å². The van der Waals surface area contributed by atoms with Crippen LogP contribution in [0.15, 0.2) is 18.2 Å². The minimum absolute atomic E-state index is 0.0348. The summed E-state index contributed by atoms with van der Waals surface area (Å²) in [5, 5.41) is 3.63. The molecule has 1 aromatic carbocycles. The lowest BCUT2D eigenvalue weighted by molar-refractivity contribution is -0.121. The lowest BCUT2D eigenvalue weighted by Crippen LogP contribution is -2.31. The lowest BCUT2D eigenvalue weighted by Gasteiger charge is -2.24. The van der Waals surface area contributed by atoms with Crippen LogP contribution in [-0.2, 0) is 22.4 Å². The number of aryl methyl sites for hydroxylation is 3. The SMILES string of the molecule is Cc1sc(NC(=O)CC2COC2)nc1-c1ccc2c(c1)CCC2. The van der Waals surface area contributed by atoms with Gasteiger partial charge >= 0.3 is 0 Å². The van der Waals surface area contributed by atoms with Crippen LogP contribution in [0.4, 0.5) is 5.13 Å². The topological polar surface area (TPSA) is 51.2 Å². The third-order valence-electron chi connectivity index (χ3n) is 4.60. The summed E-state index contributed by atoms with van der Waals surface area (Å²) in [6.45, 7) is 3.46. The Kier molecular flexibility index (Phi) is 3.91. The number of carbonyl (C=O) groups excluding carboxylic acids is 1. The lowest BCUT2D eigenvalue weighted by atomic mass is 10.0. The zero-order valence-electron chi connectivity index (χ0n) is 13.2. The first-order valence-electron chi connectivity index (χ1n) is 8.16. The van der Waals surface area contributed by atoms with Gasteiger partial charge in [0, 0.05) is 22.8 Å². The number of ether oxygens (including phenoxy) is 1. The van der Waals surface area contributed by atoms with Crippen LogP contribution in [0.2, 0.25) is 0 Å². The average molecular weight is 328 g/mol. The summed E-state index contributed by atoms with van der Waals surface area (Å²) >= 11 is 1.55. The van der Waals surface area contributed by atoms with Gasteiger partial charge in [-0.25, -0.2) is 4.98 Å². The molecular weight excluding hydrogens is 308 g/mol. The summed E-state index contributed by atoms with van der Waals surface area (Å²) in [4.78, 5) is 17.8. The van der Waals surface area contributed by atoms with Crippen molar-refractivity contribution in [3.63, 3.8) is 0 Å². The molecule has 1 fully saturated rings. The zero-order chi connectivity index (χ0) is 15.8. The van der Waals surface area contributed by atoms with E-state index in [-0.39, 0.29) is 5.91 Å². The summed E-state index contributed by atoms with van der Waals surface area (Å²) in [5.74, 6) is 0.403. The predicted molar refractivity (Wildman–Crippen MR) is 91.9 cm³/mol. The number of benzene rings is 1. The molecule has 1 aliphatic carbocycles. The van der Waals surface area contributed by atoms with Gasteiger partial charge in [0.1, 0.15) is 0 Å². The van der Waals surface area contributed by atoms with E-state index >= 15 is 0 Å². The minimum atomic E-state index is 0.0348. The third kappa shape index (κ3) is 3.03. The van der Waals surface area contributed by atoms with Crippen LogP contribution in [0, 0.1) is 12.8 Å². The minimum Gasteiger partial charge on any atom is -0.381 e. The molecule has 5 heteroatoms.